The summed E-state index contributed by atoms with van der Waals surface area (Å²) in [5.74, 6) is 0.483. The molecule has 17 heavy (non-hydrogen) atoms. The van der Waals surface area contributed by atoms with Crippen LogP contribution in [0.4, 0.5) is 5.69 Å². The highest BCUT2D eigenvalue weighted by Gasteiger charge is 2.23. The summed E-state index contributed by atoms with van der Waals surface area (Å²) in [5.41, 5.74) is 9.93. The van der Waals surface area contributed by atoms with Gasteiger partial charge in [0.15, 0.2) is 0 Å². The van der Waals surface area contributed by atoms with E-state index in [0.29, 0.717) is 18.5 Å². The van der Waals surface area contributed by atoms with Crippen molar-refractivity contribution in [3.05, 3.63) is 41.5 Å². The van der Waals surface area contributed by atoms with Gasteiger partial charge in [-0.1, -0.05) is 36.8 Å². The van der Waals surface area contributed by atoms with Crippen molar-refractivity contribution in [3.63, 3.8) is 0 Å². The Kier molecular flexibility index (Phi) is 3.53. The molecule has 0 fully saturated rings. The molecule has 0 amide bonds. The van der Waals surface area contributed by atoms with E-state index in [-0.39, 0.29) is 0 Å². The van der Waals surface area contributed by atoms with Crippen molar-refractivity contribution in [2.75, 3.05) is 18.0 Å². The summed E-state index contributed by atoms with van der Waals surface area (Å²) >= 11 is 0. The van der Waals surface area contributed by atoms with Crippen molar-refractivity contribution in [3.8, 4) is 0 Å². The molecule has 0 aliphatic carbocycles. The van der Waals surface area contributed by atoms with Crippen LogP contribution in [0.15, 0.2) is 35.9 Å². The molecule has 92 valence electrons. The summed E-state index contributed by atoms with van der Waals surface area (Å²) in [7, 11) is 0. The van der Waals surface area contributed by atoms with Gasteiger partial charge in [0, 0.05) is 30.7 Å². The molecule has 2 N–H and O–H groups in total. The first-order valence-electron chi connectivity index (χ1n) is 6.39. The lowest BCUT2D eigenvalue weighted by molar-refractivity contribution is 0.705. The molecule has 0 aromatic heterocycles. The summed E-state index contributed by atoms with van der Waals surface area (Å²) in [5, 5.41) is 0. The van der Waals surface area contributed by atoms with E-state index in [1.54, 1.807) is 0 Å². The average molecular weight is 230 g/mol. The maximum atomic E-state index is 5.75. The fourth-order valence-corrected chi connectivity index (χ4v) is 2.67. The Morgan fingerprint density at radius 2 is 1.94 bits per heavy atom. The molecule has 1 aliphatic rings. The van der Waals surface area contributed by atoms with Gasteiger partial charge in [-0.25, -0.2) is 0 Å². The molecular formula is C15H22N2. The molecule has 2 unspecified atom stereocenters. The first-order valence-corrected chi connectivity index (χ1v) is 6.39. The lowest BCUT2D eigenvalue weighted by Crippen LogP contribution is -2.37. The van der Waals surface area contributed by atoms with Gasteiger partial charge in [0.25, 0.3) is 0 Å². The van der Waals surface area contributed by atoms with Gasteiger partial charge < -0.3 is 10.6 Å². The third-order valence-electron chi connectivity index (χ3n) is 3.75. The maximum absolute atomic E-state index is 5.75. The number of allylic oxidation sites excluding steroid dienone is 1. The predicted octanol–water partition coefficient (Wildman–Crippen LogP) is 2.90. The van der Waals surface area contributed by atoms with E-state index in [2.05, 4.69) is 56.0 Å². The fraction of sp³-hybridized carbons (Fsp3) is 0.467. The molecule has 0 radical (unpaired) electrons. The number of para-hydroxylation sites is 1. The van der Waals surface area contributed by atoms with Crippen LogP contribution in [0.3, 0.4) is 0 Å². The first-order chi connectivity index (χ1) is 8.15. The topological polar surface area (TPSA) is 29.3 Å². The van der Waals surface area contributed by atoms with Crippen molar-refractivity contribution < 1.29 is 0 Å². The maximum Gasteiger partial charge on any atom is 0.0472 e. The van der Waals surface area contributed by atoms with Crippen LogP contribution in [-0.4, -0.2) is 19.1 Å². The van der Waals surface area contributed by atoms with E-state index in [4.69, 9.17) is 5.73 Å². The summed E-state index contributed by atoms with van der Waals surface area (Å²) in [6.45, 7) is 8.35. The molecule has 0 bridgehead atoms. The second-order valence-electron chi connectivity index (χ2n) is 4.92. The molecule has 0 saturated heterocycles. The minimum Gasteiger partial charge on any atom is -0.364 e. The Balaban J connectivity index is 2.51. The summed E-state index contributed by atoms with van der Waals surface area (Å²) in [4.78, 5) is 2.42. The fourth-order valence-electron chi connectivity index (χ4n) is 2.67. The van der Waals surface area contributed by atoms with Crippen LogP contribution in [0.2, 0.25) is 0 Å². The molecule has 2 nitrogen and oxygen atoms in total. The normalized spacial score (nSPS) is 24.0. The number of nitrogens with zero attached hydrogens (tertiary/aromatic N) is 1. The van der Waals surface area contributed by atoms with Crippen molar-refractivity contribution in [1.29, 1.82) is 0 Å². The number of fused-ring (bicyclic) bond motifs is 1. The summed E-state index contributed by atoms with van der Waals surface area (Å²) in [6.07, 6.45) is 2.38. The standard InChI is InChI=1S/C15H22N2/c1-11-10-12(2)14-6-4-5-7-15(14)17(9-8-16)13(11)3/h4-7,10,12-13H,8-9,16H2,1-3H3. The molecule has 1 heterocycles. The zero-order valence-electron chi connectivity index (χ0n) is 11.0. The van der Waals surface area contributed by atoms with E-state index >= 15 is 0 Å². The molecule has 2 atom stereocenters. The molecule has 0 spiro atoms. The monoisotopic (exact) mass is 230 g/mol. The summed E-state index contributed by atoms with van der Waals surface area (Å²) in [6, 6.07) is 9.11. The van der Waals surface area contributed by atoms with Gasteiger partial charge in [0.05, 0.1) is 0 Å². The number of hydrogen-bond donors (Lipinski definition) is 1. The van der Waals surface area contributed by atoms with Gasteiger partial charge in [-0.2, -0.15) is 0 Å². The van der Waals surface area contributed by atoms with Crippen LogP contribution in [0, 0.1) is 0 Å². The number of nitrogens with two attached hydrogens (primary N) is 1. The van der Waals surface area contributed by atoms with Crippen LogP contribution in [-0.2, 0) is 0 Å². The largest absolute Gasteiger partial charge is 0.364 e. The number of anilines is 1. The van der Waals surface area contributed by atoms with E-state index in [1.165, 1.54) is 16.8 Å². The van der Waals surface area contributed by atoms with Crippen LogP contribution < -0.4 is 10.6 Å². The summed E-state index contributed by atoms with van der Waals surface area (Å²) < 4.78 is 0. The van der Waals surface area contributed by atoms with Crippen molar-refractivity contribution >= 4 is 5.69 Å². The van der Waals surface area contributed by atoms with Gasteiger partial charge in [0.1, 0.15) is 0 Å². The number of hydrogen-bond acceptors (Lipinski definition) is 2. The third-order valence-corrected chi connectivity index (χ3v) is 3.75. The zero-order valence-corrected chi connectivity index (χ0v) is 11.0. The lowest BCUT2D eigenvalue weighted by Gasteiger charge is -2.31. The Morgan fingerprint density at radius 3 is 2.65 bits per heavy atom. The molecule has 1 aliphatic heterocycles. The highest BCUT2D eigenvalue weighted by atomic mass is 15.2. The third kappa shape index (κ3) is 2.22. The number of benzene rings is 1. The first kappa shape index (κ1) is 12.2. The minimum absolute atomic E-state index is 0.435. The van der Waals surface area contributed by atoms with Gasteiger partial charge in [0.2, 0.25) is 0 Å². The Hall–Kier alpha value is -1.28. The van der Waals surface area contributed by atoms with E-state index in [0.717, 1.165) is 6.54 Å². The lowest BCUT2D eigenvalue weighted by atomic mass is 9.98. The molecule has 2 rings (SSSR count). The van der Waals surface area contributed by atoms with E-state index in [9.17, 15) is 0 Å². The van der Waals surface area contributed by atoms with Crippen molar-refractivity contribution in [2.45, 2.75) is 32.7 Å². The highest BCUT2D eigenvalue weighted by Crippen LogP contribution is 2.34. The smallest absolute Gasteiger partial charge is 0.0472 e. The van der Waals surface area contributed by atoms with Crippen molar-refractivity contribution in [2.24, 2.45) is 5.73 Å². The molecule has 1 aromatic rings. The Morgan fingerprint density at radius 1 is 1.24 bits per heavy atom. The SMILES string of the molecule is CC1=CC(C)c2ccccc2N(CCN)C1C. The van der Waals surface area contributed by atoms with E-state index in [1.807, 2.05) is 0 Å². The van der Waals surface area contributed by atoms with Gasteiger partial charge in [-0.05, 0) is 25.5 Å². The van der Waals surface area contributed by atoms with Gasteiger partial charge in [-0.15, -0.1) is 0 Å². The second kappa shape index (κ2) is 4.92. The Labute approximate surface area is 104 Å². The van der Waals surface area contributed by atoms with Gasteiger partial charge >= 0.3 is 0 Å². The van der Waals surface area contributed by atoms with E-state index < -0.39 is 0 Å². The Bertz CT molecular complexity index is 423. The van der Waals surface area contributed by atoms with Crippen LogP contribution in [0.5, 0.6) is 0 Å². The van der Waals surface area contributed by atoms with Crippen LogP contribution >= 0.6 is 0 Å². The molecule has 0 saturated carbocycles. The molecule has 2 heteroatoms. The van der Waals surface area contributed by atoms with Crippen LogP contribution in [0.1, 0.15) is 32.3 Å². The molecule has 1 aromatic carbocycles. The predicted molar refractivity (Wildman–Crippen MR) is 74.5 cm³/mol. The molecular weight excluding hydrogens is 208 g/mol. The number of rotatable bonds is 2. The van der Waals surface area contributed by atoms with Crippen LogP contribution in [0.25, 0.3) is 0 Å². The quantitative estimate of drug-likeness (QED) is 0.792. The van der Waals surface area contributed by atoms with Crippen molar-refractivity contribution in [1.82, 2.24) is 0 Å². The van der Waals surface area contributed by atoms with Gasteiger partial charge in [-0.3, -0.25) is 0 Å². The highest BCUT2D eigenvalue weighted by molar-refractivity contribution is 5.59. The zero-order chi connectivity index (χ0) is 12.4. The average Bonchev–Trinajstić information content (AvgIpc) is 2.42. The minimum atomic E-state index is 0.435. The second-order valence-corrected chi connectivity index (χ2v) is 4.92.